The van der Waals surface area contributed by atoms with Gasteiger partial charge in [-0.2, -0.15) is 0 Å². The summed E-state index contributed by atoms with van der Waals surface area (Å²) in [5.74, 6) is 0.959. The maximum absolute atomic E-state index is 5.21. The molecule has 1 heterocycles. The number of rotatable bonds is 8. The van der Waals surface area contributed by atoms with Crippen molar-refractivity contribution in [1.29, 1.82) is 0 Å². The lowest BCUT2D eigenvalue weighted by Gasteiger charge is -1.97. The number of furan rings is 1. The van der Waals surface area contributed by atoms with Crippen LogP contribution in [-0.2, 0) is 0 Å². The van der Waals surface area contributed by atoms with Crippen LogP contribution in [0.15, 0.2) is 28.9 Å². The SMILES string of the molecule is CCCCCCCC/C=C/c1ccco1. The van der Waals surface area contributed by atoms with Gasteiger partial charge >= 0.3 is 0 Å². The van der Waals surface area contributed by atoms with E-state index in [2.05, 4.69) is 19.1 Å². The van der Waals surface area contributed by atoms with E-state index in [1.54, 1.807) is 6.26 Å². The Balaban J connectivity index is 1.93. The molecule has 0 fully saturated rings. The lowest BCUT2D eigenvalue weighted by molar-refractivity contribution is 0.556. The Morgan fingerprint density at radius 2 is 1.93 bits per heavy atom. The molecular weight excluding hydrogens is 184 g/mol. The summed E-state index contributed by atoms with van der Waals surface area (Å²) in [7, 11) is 0. The van der Waals surface area contributed by atoms with Gasteiger partial charge in [0.2, 0.25) is 0 Å². The Morgan fingerprint density at radius 1 is 1.13 bits per heavy atom. The molecule has 1 aromatic rings. The summed E-state index contributed by atoms with van der Waals surface area (Å²) in [6.45, 7) is 2.26. The average molecular weight is 206 g/mol. The van der Waals surface area contributed by atoms with Gasteiger partial charge < -0.3 is 4.42 Å². The molecule has 15 heavy (non-hydrogen) atoms. The van der Waals surface area contributed by atoms with Gasteiger partial charge in [0, 0.05) is 0 Å². The smallest absolute Gasteiger partial charge is 0.126 e. The van der Waals surface area contributed by atoms with Crippen LogP contribution in [0, 0.1) is 0 Å². The van der Waals surface area contributed by atoms with E-state index in [4.69, 9.17) is 4.42 Å². The Labute approximate surface area is 93.2 Å². The largest absolute Gasteiger partial charge is 0.465 e. The Hall–Kier alpha value is -0.980. The molecule has 1 heteroatoms. The van der Waals surface area contributed by atoms with Crippen LogP contribution in [0.2, 0.25) is 0 Å². The number of unbranched alkanes of at least 4 members (excludes halogenated alkanes) is 6. The van der Waals surface area contributed by atoms with Gasteiger partial charge in [-0.05, 0) is 31.1 Å². The maximum atomic E-state index is 5.21. The Bertz CT molecular complexity index is 246. The van der Waals surface area contributed by atoms with E-state index in [0.29, 0.717) is 0 Å². The predicted octanol–water partition coefficient (Wildman–Crippen LogP) is 5.04. The van der Waals surface area contributed by atoms with Crippen molar-refractivity contribution in [2.45, 2.75) is 51.9 Å². The summed E-state index contributed by atoms with van der Waals surface area (Å²) >= 11 is 0. The lowest BCUT2D eigenvalue weighted by Crippen LogP contribution is -1.77. The molecule has 0 saturated heterocycles. The Morgan fingerprint density at radius 3 is 2.67 bits per heavy atom. The highest BCUT2D eigenvalue weighted by molar-refractivity contribution is 5.41. The first-order chi connectivity index (χ1) is 7.43. The minimum absolute atomic E-state index is 0.959. The van der Waals surface area contributed by atoms with E-state index in [-0.39, 0.29) is 0 Å². The van der Waals surface area contributed by atoms with Crippen molar-refractivity contribution in [1.82, 2.24) is 0 Å². The fourth-order valence-corrected chi connectivity index (χ4v) is 1.63. The minimum atomic E-state index is 0.959. The zero-order valence-electron chi connectivity index (χ0n) is 9.74. The third-order valence-corrected chi connectivity index (χ3v) is 2.55. The van der Waals surface area contributed by atoms with Crippen LogP contribution in [0.25, 0.3) is 6.08 Å². The van der Waals surface area contributed by atoms with Crippen molar-refractivity contribution < 1.29 is 4.42 Å². The van der Waals surface area contributed by atoms with Crippen molar-refractivity contribution in [2.75, 3.05) is 0 Å². The van der Waals surface area contributed by atoms with Crippen molar-refractivity contribution in [3.8, 4) is 0 Å². The van der Waals surface area contributed by atoms with Crippen LogP contribution in [0.4, 0.5) is 0 Å². The van der Waals surface area contributed by atoms with Crippen LogP contribution in [0.3, 0.4) is 0 Å². The molecule has 0 saturated carbocycles. The van der Waals surface area contributed by atoms with E-state index in [0.717, 1.165) is 5.76 Å². The molecule has 0 bridgehead atoms. The van der Waals surface area contributed by atoms with Gasteiger partial charge in [-0.15, -0.1) is 0 Å². The van der Waals surface area contributed by atoms with Gasteiger partial charge in [0.15, 0.2) is 0 Å². The van der Waals surface area contributed by atoms with E-state index in [1.165, 1.54) is 44.9 Å². The second kappa shape index (κ2) is 8.34. The lowest BCUT2D eigenvalue weighted by atomic mass is 10.1. The molecule has 0 radical (unpaired) electrons. The molecule has 0 atom stereocenters. The summed E-state index contributed by atoms with van der Waals surface area (Å²) in [5, 5.41) is 0. The van der Waals surface area contributed by atoms with E-state index >= 15 is 0 Å². The minimum Gasteiger partial charge on any atom is -0.465 e. The molecule has 0 amide bonds. The monoisotopic (exact) mass is 206 g/mol. The fraction of sp³-hybridized carbons (Fsp3) is 0.571. The van der Waals surface area contributed by atoms with E-state index < -0.39 is 0 Å². The molecule has 84 valence electrons. The zero-order chi connectivity index (χ0) is 10.8. The van der Waals surface area contributed by atoms with Crippen LogP contribution in [0.5, 0.6) is 0 Å². The fourth-order valence-electron chi connectivity index (χ4n) is 1.63. The third kappa shape index (κ3) is 6.16. The van der Waals surface area contributed by atoms with Crippen molar-refractivity contribution in [3.63, 3.8) is 0 Å². The summed E-state index contributed by atoms with van der Waals surface area (Å²) in [6, 6.07) is 3.90. The third-order valence-electron chi connectivity index (χ3n) is 2.55. The van der Waals surface area contributed by atoms with Gasteiger partial charge in [0.05, 0.1) is 6.26 Å². The quantitative estimate of drug-likeness (QED) is 0.543. The topological polar surface area (TPSA) is 13.1 Å². The van der Waals surface area contributed by atoms with Gasteiger partial charge in [0.25, 0.3) is 0 Å². The first kappa shape index (κ1) is 12.1. The molecule has 1 nitrogen and oxygen atoms in total. The van der Waals surface area contributed by atoms with Crippen LogP contribution >= 0.6 is 0 Å². The van der Waals surface area contributed by atoms with E-state index in [9.17, 15) is 0 Å². The molecule has 0 spiro atoms. The van der Waals surface area contributed by atoms with Gasteiger partial charge in [-0.25, -0.2) is 0 Å². The van der Waals surface area contributed by atoms with Crippen molar-refractivity contribution in [3.05, 3.63) is 30.2 Å². The maximum Gasteiger partial charge on any atom is 0.126 e. The molecule has 1 rings (SSSR count). The van der Waals surface area contributed by atoms with E-state index in [1.807, 2.05) is 12.1 Å². The normalized spacial score (nSPS) is 11.3. The van der Waals surface area contributed by atoms with Gasteiger partial charge in [-0.3, -0.25) is 0 Å². The highest BCUT2D eigenvalue weighted by Gasteiger charge is 1.89. The van der Waals surface area contributed by atoms with Crippen molar-refractivity contribution in [2.24, 2.45) is 0 Å². The highest BCUT2D eigenvalue weighted by Crippen LogP contribution is 2.09. The Kier molecular flexibility index (Phi) is 6.72. The molecule has 0 aromatic carbocycles. The number of allylic oxidation sites excluding steroid dienone is 1. The average Bonchev–Trinajstić information content (AvgIpc) is 2.75. The summed E-state index contributed by atoms with van der Waals surface area (Å²) in [4.78, 5) is 0. The standard InChI is InChI=1S/C14H22O/c1-2-3-4-5-6-7-8-9-11-14-12-10-13-15-14/h9-13H,2-8H2,1H3/b11-9+. The van der Waals surface area contributed by atoms with Gasteiger partial charge in [0.1, 0.15) is 5.76 Å². The molecule has 0 N–H and O–H groups in total. The molecule has 0 unspecified atom stereocenters. The van der Waals surface area contributed by atoms with Crippen LogP contribution in [0.1, 0.15) is 57.6 Å². The summed E-state index contributed by atoms with van der Waals surface area (Å²) < 4.78 is 5.21. The molecule has 0 aliphatic carbocycles. The second-order valence-electron chi connectivity index (χ2n) is 3.97. The molecular formula is C14H22O. The summed E-state index contributed by atoms with van der Waals surface area (Å²) in [6.07, 6.45) is 15.3. The van der Waals surface area contributed by atoms with Gasteiger partial charge in [-0.1, -0.05) is 45.1 Å². The molecule has 0 aliphatic rings. The highest BCUT2D eigenvalue weighted by atomic mass is 16.3. The van der Waals surface area contributed by atoms with Crippen LogP contribution in [-0.4, -0.2) is 0 Å². The second-order valence-corrected chi connectivity index (χ2v) is 3.97. The predicted molar refractivity (Wildman–Crippen MR) is 65.7 cm³/mol. The van der Waals surface area contributed by atoms with Crippen molar-refractivity contribution >= 4 is 6.08 Å². The molecule has 0 aliphatic heterocycles. The zero-order valence-corrected chi connectivity index (χ0v) is 9.74. The molecule has 1 aromatic heterocycles. The first-order valence-corrected chi connectivity index (χ1v) is 6.13. The summed E-state index contributed by atoms with van der Waals surface area (Å²) in [5.41, 5.74) is 0. The number of hydrogen-bond acceptors (Lipinski definition) is 1. The number of hydrogen-bond donors (Lipinski definition) is 0. The van der Waals surface area contributed by atoms with Crippen LogP contribution < -0.4 is 0 Å². The first-order valence-electron chi connectivity index (χ1n) is 6.13.